The maximum atomic E-state index is 11.2. The molecule has 1 aromatic heterocycles. The summed E-state index contributed by atoms with van der Waals surface area (Å²) in [4.78, 5) is 2.37. The second-order valence-corrected chi connectivity index (χ2v) is 7.65. The molecule has 0 aliphatic carbocycles. The van der Waals surface area contributed by atoms with Crippen molar-refractivity contribution in [2.75, 3.05) is 13.6 Å². The Labute approximate surface area is 156 Å². The summed E-state index contributed by atoms with van der Waals surface area (Å²) in [6.07, 6.45) is 8.63. The van der Waals surface area contributed by atoms with Crippen LogP contribution in [0.3, 0.4) is 0 Å². The van der Waals surface area contributed by atoms with Crippen molar-refractivity contribution < 1.29 is 5.11 Å². The van der Waals surface area contributed by atoms with E-state index in [1.54, 1.807) is 6.08 Å². The summed E-state index contributed by atoms with van der Waals surface area (Å²) < 4.78 is 2.32. The van der Waals surface area contributed by atoms with E-state index in [4.69, 9.17) is 0 Å². The molecule has 0 radical (unpaired) electrons. The lowest BCUT2D eigenvalue weighted by Gasteiger charge is -2.29. The molecule has 1 atom stereocenters. The molecule has 1 aliphatic heterocycles. The molecule has 0 fully saturated rings. The Kier molecular flexibility index (Phi) is 5.22. The van der Waals surface area contributed by atoms with Gasteiger partial charge in [0.1, 0.15) is 5.60 Å². The van der Waals surface area contributed by atoms with Crippen molar-refractivity contribution in [3.8, 4) is 0 Å². The largest absolute Gasteiger partial charge is 0.384 e. The zero-order valence-electron chi connectivity index (χ0n) is 16.4. The van der Waals surface area contributed by atoms with E-state index in [1.165, 1.54) is 27.7 Å². The SMILES string of the molecule is C=C/C(=C\C=C/C)C(C)(O)Cn1c2c(c3cc(C)ccc31)CN(C)CC2. The fraction of sp³-hybridized carbons (Fsp3) is 0.391. The fourth-order valence-electron chi connectivity index (χ4n) is 3.95. The van der Waals surface area contributed by atoms with E-state index < -0.39 is 5.60 Å². The molecule has 3 heteroatoms. The number of likely N-dealkylation sites (N-methyl/N-ethyl adjacent to an activating group) is 1. The number of benzene rings is 1. The van der Waals surface area contributed by atoms with Gasteiger partial charge < -0.3 is 14.6 Å². The topological polar surface area (TPSA) is 28.4 Å². The summed E-state index contributed by atoms with van der Waals surface area (Å²) in [6.45, 7) is 12.4. The van der Waals surface area contributed by atoms with Crippen LogP contribution >= 0.6 is 0 Å². The highest BCUT2D eigenvalue weighted by atomic mass is 16.3. The van der Waals surface area contributed by atoms with E-state index >= 15 is 0 Å². The van der Waals surface area contributed by atoms with Crippen molar-refractivity contribution in [2.24, 2.45) is 0 Å². The molecule has 1 aliphatic rings. The van der Waals surface area contributed by atoms with Crippen LogP contribution in [0.1, 0.15) is 30.7 Å². The van der Waals surface area contributed by atoms with Gasteiger partial charge in [-0.05, 0) is 51.1 Å². The zero-order chi connectivity index (χ0) is 18.9. The van der Waals surface area contributed by atoms with Crippen LogP contribution in [0.4, 0.5) is 0 Å². The molecule has 0 saturated carbocycles. The predicted molar refractivity (Wildman–Crippen MR) is 110 cm³/mol. The smallest absolute Gasteiger partial charge is 0.105 e. The summed E-state index contributed by atoms with van der Waals surface area (Å²) >= 11 is 0. The maximum absolute atomic E-state index is 11.2. The van der Waals surface area contributed by atoms with E-state index in [-0.39, 0.29) is 0 Å². The molecule has 138 valence electrons. The molecule has 1 N–H and O–H groups in total. The second-order valence-electron chi connectivity index (χ2n) is 7.65. The van der Waals surface area contributed by atoms with Gasteiger partial charge in [-0.15, -0.1) is 0 Å². The van der Waals surface area contributed by atoms with Crippen LogP contribution in [0.25, 0.3) is 10.9 Å². The van der Waals surface area contributed by atoms with Crippen molar-refractivity contribution >= 4 is 10.9 Å². The average molecular weight is 351 g/mol. The van der Waals surface area contributed by atoms with E-state index in [0.29, 0.717) is 6.54 Å². The van der Waals surface area contributed by atoms with E-state index in [2.05, 4.69) is 48.2 Å². The standard InChI is InChI=1S/C23H30N2O/c1-6-8-9-18(7-2)23(4,26)16-25-21-11-10-17(3)14-19(21)20-15-24(5)13-12-22(20)25/h6-11,14,26H,2,12-13,15-16H2,1,3-5H3/b8-6-,18-9+. The van der Waals surface area contributed by atoms with Crippen molar-refractivity contribution in [2.45, 2.75) is 45.9 Å². The minimum atomic E-state index is -0.977. The minimum absolute atomic E-state index is 0.529. The van der Waals surface area contributed by atoms with Gasteiger partial charge in [0.2, 0.25) is 0 Å². The van der Waals surface area contributed by atoms with Gasteiger partial charge in [-0.2, -0.15) is 0 Å². The monoisotopic (exact) mass is 350 g/mol. The number of hydrogen-bond donors (Lipinski definition) is 1. The first-order valence-corrected chi connectivity index (χ1v) is 9.35. The third-order valence-corrected chi connectivity index (χ3v) is 5.38. The highest BCUT2D eigenvalue weighted by molar-refractivity contribution is 5.86. The zero-order valence-corrected chi connectivity index (χ0v) is 16.4. The van der Waals surface area contributed by atoms with Crippen LogP contribution < -0.4 is 0 Å². The molecule has 3 rings (SSSR count). The average Bonchev–Trinajstić information content (AvgIpc) is 2.87. The van der Waals surface area contributed by atoms with Crippen LogP contribution in [0.15, 0.2) is 54.7 Å². The van der Waals surface area contributed by atoms with Gasteiger partial charge in [0.25, 0.3) is 0 Å². The quantitative estimate of drug-likeness (QED) is 0.811. The Bertz CT molecular complexity index is 883. The van der Waals surface area contributed by atoms with Crippen molar-refractivity contribution in [3.05, 3.63) is 71.5 Å². The van der Waals surface area contributed by atoms with E-state index in [1.807, 2.05) is 32.1 Å². The van der Waals surface area contributed by atoms with Crippen LogP contribution in [0, 0.1) is 6.92 Å². The Morgan fingerprint density at radius 1 is 1.38 bits per heavy atom. The number of aromatic nitrogens is 1. The number of rotatable bonds is 5. The Morgan fingerprint density at radius 3 is 2.85 bits per heavy atom. The van der Waals surface area contributed by atoms with Crippen LogP contribution in [-0.2, 0) is 19.5 Å². The highest BCUT2D eigenvalue weighted by Gasteiger charge is 2.29. The lowest BCUT2D eigenvalue weighted by molar-refractivity contribution is 0.0830. The molecule has 3 nitrogen and oxygen atoms in total. The van der Waals surface area contributed by atoms with Crippen LogP contribution in [0.2, 0.25) is 0 Å². The van der Waals surface area contributed by atoms with Gasteiger partial charge in [0.15, 0.2) is 0 Å². The van der Waals surface area contributed by atoms with Gasteiger partial charge in [-0.1, -0.05) is 42.5 Å². The molecule has 2 aromatic rings. The first-order valence-electron chi connectivity index (χ1n) is 9.35. The lowest BCUT2D eigenvalue weighted by Crippen LogP contribution is -2.34. The van der Waals surface area contributed by atoms with E-state index in [9.17, 15) is 5.11 Å². The number of allylic oxidation sites excluding steroid dienone is 3. The summed E-state index contributed by atoms with van der Waals surface area (Å²) in [5.74, 6) is 0. The van der Waals surface area contributed by atoms with Crippen LogP contribution in [0.5, 0.6) is 0 Å². The molecule has 26 heavy (non-hydrogen) atoms. The van der Waals surface area contributed by atoms with Crippen LogP contribution in [-0.4, -0.2) is 33.8 Å². The van der Waals surface area contributed by atoms with Crippen molar-refractivity contribution in [1.82, 2.24) is 9.47 Å². The second kappa shape index (κ2) is 7.26. The Morgan fingerprint density at radius 2 is 2.15 bits per heavy atom. The fourth-order valence-corrected chi connectivity index (χ4v) is 3.95. The number of aliphatic hydroxyl groups is 1. The molecule has 0 bridgehead atoms. The van der Waals surface area contributed by atoms with Gasteiger partial charge in [0.05, 0.1) is 6.54 Å². The number of fused-ring (bicyclic) bond motifs is 3. The van der Waals surface area contributed by atoms with E-state index in [0.717, 1.165) is 25.1 Å². The molecule has 0 spiro atoms. The normalized spacial score (nSPS) is 18.3. The number of aryl methyl sites for hydroxylation is 1. The summed E-state index contributed by atoms with van der Waals surface area (Å²) in [7, 11) is 2.17. The highest BCUT2D eigenvalue weighted by Crippen LogP contribution is 2.33. The molecular weight excluding hydrogens is 320 g/mol. The van der Waals surface area contributed by atoms with Gasteiger partial charge in [0, 0.05) is 36.1 Å². The molecule has 0 amide bonds. The summed E-state index contributed by atoms with van der Waals surface area (Å²) in [5, 5.41) is 12.6. The molecule has 0 saturated heterocycles. The summed E-state index contributed by atoms with van der Waals surface area (Å²) in [6, 6.07) is 6.64. The third-order valence-electron chi connectivity index (χ3n) is 5.38. The third kappa shape index (κ3) is 3.42. The summed E-state index contributed by atoms with van der Waals surface area (Å²) in [5.41, 5.74) is 5.12. The van der Waals surface area contributed by atoms with Crippen molar-refractivity contribution in [3.63, 3.8) is 0 Å². The van der Waals surface area contributed by atoms with Gasteiger partial charge >= 0.3 is 0 Å². The van der Waals surface area contributed by atoms with Gasteiger partial charge in [-0.3, -0.25) is 0 Å². The molecule has 1 aromatic carbocycles. The molecule has 1 unspecified atom stereocenters. The first-order chi connectivity index (χ1) is 12.4. The lowest BCUT2D eigenvalue weighted by atomic mass is 9.94. The maximum Gasteiger partial charge on any atom is 0.105 e. The Balaban J connectivity index is 2.12. The minimum Gasteiger partial charge on any atom is -0.384 e. The Hall–Kier alpha value is -2.10. The van der Waals surface area contributed by atoms with Gasteiger partial charge in [-0.25, -0.2) is 0 Å². The molecule has 2 heterocycles. The van der Waals surface area contributed by atoms with Crippen molar-refractivity contribution in [1.29, 1.82) is 0 Å². The number of nitrogens with zero attached hydrogens (tertiary/aromatic N) is 2. The first kappa shape index (κ1) is 18.7. The number of hydrogen-bond acceptors (Lipinski definition) is 2. The predicted octanol–water partition coefficient (Wildman–Crippen LogP) is 4.38. The molecular formula is C23H30N2O.